The lowest BCUT2D eigenvalue weighted by Gasteiger charge is -1.85. The molecule has 2 nitrogen and oxygen atoms in total. The monoisotopic (exact) mass is 214 g/mol. The fourth-order valence-electron chi connectivity index (χ4n) is 1.21. The third kappa shape index (κ3) is 2.42. The van der Waals surface area contributed by atoms with Crippen molar-refractivity contribution >= 4 is 11.3 Å². The molecule has 2 heterocycles. The number of hydrogen-bond acceptors (Lipinski definition) is 3. The zero-order chi connectivity index (χ0) is 10.7. The quantitative estimate of drug-likeness (QED) is 0.630. The lowest BCUT2D eigenvalue weighted by Crippen LogP contribution is -1.77. The number of hydrogen-bond donors (Lipinski definition) is 0. The minimum absolute atomic E-state index is 0.933. The topological polar surface area (TPSA) is 25.8 Å². The minimum Gasteiger partial charge on any atom is -0.263 e. The third-order valence-corrected chi connectivity index (χ3v) is 2.87. The van der Waals surface area contributed by atoms with Crippen LogP contribution in [-0.4, -0.2) is 9.97 Å². The largest absolute Gasteiger partial charge is 0.263 e. The molecule has 0 fully saturated rings. The first-order chi connectivity index (χ1) is 7.25. The van der Waals surface area contributed by atoms with Gasteiger partial charge in [0, 0.05) is 18.0 Å². The van der Waals surface area contributed by atoms with Gasteiger partial charge in [-0.15, -0.1) is 11.3 Å². The predicted octanol–water partition coefficient (Wildman–Crippen LogP) is 2.55. The second kappa shape index (κ2) is 4.24. The molecular weight excluding hydrogens is 204 g/mol. The summed E-state index contributed by atoms with van der Waals surface area (Å²) in [6.45, 7) is 3.98. The summed E-state index contributed by atoms with van der Waals surface area (Å²) in [5, 5.41) is 1.06. The molecule has 0 aromatic carbocycles. The number of thiazole rings is 1. The first-order valence-electron chi connectivity index (χ1n) is 4.62. The fourth-order valence-corrected chi connectivity index (χ4v) is 1.99. The van der Waals surface area contributed by atoms with Gasteiger partial charge in [-0.25, -0.2) is 4.98 Å². The predicted molar refractivity (Wildman–Crippen MR) is 61.8 cm³/mol. The van der Waals surface area contributed by atoms with E-state index in [0.29, 0.717) is 0 Å². The summed E-state index contributed by atoms with van der Waals surface area (Å²) >= 11 is 1.63. The Morgan fingerprint density at radius 3 is 2.73 bits per heavy atom. The van der Waals surface area contributed by atoms with Crippen LogP contribution in [-0.2, 0) is 0 Å². The summed E-state index contributed by atoms with van der Waals surface area (Å²) in [6, 6.07) is 3.83. The van der Waals surface area contributed by atoms with Gasteiger partial charge in [0.25, 0.3) is 0 Å². The van der Waals surface area contributed by atoms with E-state index in [1.165, 1.54) is 0 Å². The Balaban J connectivity index is 2.30. The standard InChI is InChI=1S/C12H10N2S/c1-9-12(15-10(2)14-9)6-5-11-4-3-7-13-8-11/h3-4,7-8H,1-2H3. The Labute approximate surface area is 93.0 Å². The molecule has 0 bridgehead atoms. The van der Waals surface area contributed by atoms with E-state index in [-0.39, 0.29) is 0 Å². The van der Waals surface area contributed by atoms with E-state index in [1.807, 2.05) is 26.0 Å². The van der Waals surface area contributed by atoms with E-state index in [1.54, 1.807) is 23.7 Å². The van der Waals surface area contributed by atoms with Crippen LogP contribution in [0.2, 0.25) is 0 Å². The maximum atomic E-state index is 4.32. The molecule has 0 aliphatic carbocycles. The molecule has 0 spiro atoms. The van der Waals surface area contributed by atoms with Crippen LogP contribution in [0.1, 0.15) is 21.1 Å². The fraction of sp³-hybridized carbons (Fsp3) is 0.167. The summed E-state index contributed by atoms with van der Waals surface area (Å²) in [6.07, 6.45) is 3.50. The van der Waals surface area contributed by atoms with Crippen LogP contribution in [0.15, 0.2) is 24.5 Å². The molecule has 0 unspecified atom stereocenters. The second-order valence-electron chi connectivity index (χ2n) is 3.14. The molecule has 74 valence electrons. The van der Waals surface area contributed by atoms with Crippen LogP contribution in [0.4, 0.5) is 0 Å². The summed E-state index contributed by atoms with van der Waals surface area (Å²) in [7, 11) is 0. The van der Waals surface area contributed by atoms with Crippen LogP contribution >= 0.6 is 11.3 Å². The highest BCUT2D eigenvalue weighted by Gasteiger charge is 2.00. The molecule has 2 aromatic rings. The maximum absolute atomic E-state index is 4.32. The number of rotatable bonds is 0. The zero-order valence-corrected chi connectivity index (χ0v) is 9.43. The van der Waals surface area contributed by atoms with E-state index in [4.69, 9.17) is 0 Å². The molecule has 0 aliphatic rings. The highest BCUT2D eigenvalue weighted by atomic mass is 32.1. The van der Waals surface area contributed by atoms with Crippen molar-refractivity contribution in [2.75, 3.05) is 0 Å². The van der Waals surface area contributed by atoms with Crippen molar-refractivity contribution in [3.8, 4) is 11.8 Å². The van der Waals surface area contributed by atoms with Gasteiger partial charge in [-0.05, 0) is 31.9 Å². The molecule has 0 amide bonds. The summed E-state index contributed by atoms with van der Waals surface area (Å²) in [4.78, 5) is 9.37. The van der Waals surface area contributed by atoms with Gasteiger partial charge in [0.1, 0.15) is 4.88 Å². The van der Waals surface area contributed by atoms with Crippen molar-refractivity contribution in [3.63, 3.8) is 0 Å². The van der Waals surface area contributed by atoms with E-state index in [2.05, 4.69) is 21.8 Å². The van der Waals surface area contributed by atoms with Gasteiger partial charge in [0.15, 0.2) is 0 Å². The van der Waals surface area contributed by atoms with Crippen molar-refractivity contribution in [2.45, 2.75) is 13.8 Å². The normalized spacial score (nSPS) is 9.47. The van der Waals surface area contributed by atoms with Crippen molar-refractivity contribution in [1.29, 1.82) is 0 Å². The van der Waals surface area contributed by atoms with Crippen LogP contribution in [0.5, 0.6) is 0 Å². The number of aryl methyl sites for hydroxylation is 2. The highest BCUT2D eigenvalue weighted by molar-refractivity contribution is 7.12. The van der Waals surface area contributed by atoms with Gasteiger partial charge in [0.2, 0.25) is 0 Å². The third-order valence-electron chi connectivity index (χ3n) is 1.89. The van der Waals surface area contributed by atoms with Gasteiger partial charge in [-0.2, -0.15) is 0 Å². The average Bonchev–Trinajstić information content (AvgIpc) is 2.56. The molecule has 0 N–H and O–H groups in total. The Morgan fingerprint density at radius 2 is 2.13 bits per heavy atom. The number of nitrogens with zero attached hydrogens (tertiary/aromatic N) is 2. The Bertz CT molecular complexity index is 518. The molecule has 15 heavy (non-hydrogen) atoms. The van der Waals surface area contributed by atoms with Crippen LogP contribution in [0.25, 0.3) is 0 Å². The second-order valence-corrected chi connectivity index (χ2v) is 4.34. The molecule has 0 aliphatic heterocycles. The smallest absolute Gasteiger partial charge is 0.100 e. The molecular formula is C12H10N2S. The van der Waals surface area contributed by atoms with Crippen LogP contribution < -0.4 is 0 Å². The van der Waals surface area contributed by atoms with Gasteiger partial charge < -0.3 is 0 Å². The van der Waals surface area contributed by atoms with Gasteiger partial charge in [-0.1, -0.05) is 5.92 Å². The lowest BCUT2D eigenvalue weighted by atomic mass is 10.3. The molecule has 3 heteroatoms. The molecule has 0 radical (unpaired) electrons. The van der Waals surface area contributed by atoms with Crippen molar-refractivity contribution in [1.82, 2.24) is 9.97 Å². The molecule has 2 aromatic heterocycles. The number of pyridine rings is 1. The zero-order valence-electron chi connectivity index (χ0n) is 8.61. The first kappa shape index (κ1) is 9.88. The maximum Gasteiger partial charge on any atom is 0.100 e. The Hall–Kier alpha value is -1.66. The van der Waals surface area contributed by atoms with Gasteiger partial charge >= 0.3 is 0 Å². The Kier molecular flexibility index (Phi) is 2.79. The van der Waals surface area contributed by atoms with E-state index >= 15 is 0 Å². The minimum atomic E-state index is 0.933. The van der Waals surface area contributed by atoms with Gasteiger partial charge in [0.05, 0.1) is 10.7 Å². The van der Waals surface area contributed by atoms with Crippen LogP contribution in [0, 0.1) is 25.7 Å². The highest BCUT2D eigenvalue weighted by Crippen LogP contribution is 2.15. The lowest BCUT2D eigenvalue weighted by molar-refractivity contribution is 1.19. The molecule has 0 saturated heterocycles. The SMILES string of the molecule is Cc1nc(C)c(C#Cc2cccnc2)s1. The van der Waals surface area contributed by atoms with E-state index in [9.17, 15) is 0 Å². The van der Waals surface area contributed by atoms with E-state index < -0.39 is 0 Å². The Morgan fingerprint density at radius 1 is 1.27 bits per heavy atom. The summed E-state index contributed by atoms with van der Waals surface area (Å²) in [5.41, 5.74) is 1.94. The van der Waals surface area contributed by atoms with Crippen molar-refractivity contribution < 1.29 is 0 Å². The average molecular weight is 214 g/mol. The van der Waals surface area contributed by atoms with E-state index in [0.717, 1.165) is 21.1 Å². The molecule has 2 rings (SSSR count). The summed E-state index contributed by atoms with van der Waals surface area (Å²) in [5.74, 6) is 6.19. The van der Waals surface area contributed by atoms with Gasteiger partial charge in [-0.3, -0.25) is 4.98 Å². The molecule has 0 atom stereocenters. The van der Waals surface area contributed by atoms with Crippen molar-refractivity contribution in [3.05, 3.63) is 45.7 Å². The van der Waals surface area contributed by atoms with Crippen LogP contribution in [0.3, 0.4) is 0 Å². The first-order valence-corrected chi connectivity index (χ1v) is 5.43. The molecule has 0 saturated carbocycles. The summed E-state index contributed by atoms with van der Waals surface area (Å²) < 4.78 is 0. The van der Waals surface area contributed by atoms with Crippen molar-refractivity contribution in [2.24, 2.45) is 0 Å². The number of aromatic nitrogens is 2.